The summed E-state index contributed by atoms with van der Waals surface area (Å²) in [5, 5.41) is 2.62. The molecule has 0 aliphatic carbocycles. The summed E-state index contributed by atoms with van der Waals surface area (Å²) in [5.74, 6) is -0.817. The van der Waals surface area contributed by atoms with E-state index in [0.29, 0.717) is 17.9 Å². The lowest BCUT2D eigenvalue weighted by molar-refractivity contribution is 0.0929. The third kappa shape index (κ3) is 4.57. The van der Waals surface area contributed by atoms with E-state index < -0.39 is 11.9 Å². The first-order chi connectivity index (χ1) is 11.1. The Morgan fingerprint density at radius 2 is 1.87 bits per heavy atom. The first-order valence-electron chi connectivity index (χ1n) is 7.39. The highest BCUT2D eigenvalue weighted by atomic mass is 19.1. The molecule has 0 saturated carbocycles. The van der Waals surface area contributed by atoms with Gasteiger partial charge >= 0.3 is 6.03 Å². The highest BCUT2D eigenvalue weighted by Gasteiger charge is 2.12. The third-order valence-corrected chi connectivity index (χ3v) is 3.19. The zero-order valence-electron chi connectivity index (χ0n) is 12.8. The molecule has 0 atom stereocenters. The quantitative estimate of drug-likeness (QED) is 0.585. The van der Waals surface area contributed by atoms with Crippen molar-refractivity contribution in [3.8, 4) is 5.69 Å². The summed E-state index contributed by atoms with van der Waals surface area (Å²) in [5.41, 5.74) is 5.60. The van der Waals surface area contributed by atoms with Gasteiger partial charge in [0.15, 0.2) is 0 Å². The Balaban J connectivity index is 1.97. The summed E-state index contributed by atoms with van der Waals surface area (Å²) >= 11 is 0. The van der Waals surface area contributed by atoms with E-state index >= 15 is 0 Å². The standard InChI is InChI=1S/C16H19FN4O2/c1-2-3-10-18-16(23)20-19-15(22)14-5-4-11-21(14)13-8-6-12(17)7-9-13/h4-9,11H,2-3,10H2,1H3,(H,19,22)(H2,18,20,23). The summed E-state index contributed by atoms with van der Waals surface area (Å²) in [6.07, 6.45) is 3.52. The van der Waals surface area contributed by atoms with E-state index in [2.05, 4.69) is 16.2 Å². The number of benzene rings is 1. The SMILES string of the molecule is CCCCNC(=O)NNC(=O)c1cccn1-c1ccc(F)cc1. The predicted molar refractivity (Wildman–Crippen MR) is 84.6 cm³/mol. The van der Waals surface area contributed by atoms with Crippen molar-refractivity contribution in [3.05, 3.63) is 54.1 Å². The molecule has 0 saturated heterocycles. The van der Waals surface area contributed by atoms with E-state index in [-0.39, 0.29) is 5.82 Å². The van der Waals surface area contributed by atoms with Crippen molar-refractivity contribution in [1.29, 1.82) is 0 Å². The molecule has 0 aliphatic rings. The van der Waals surface area contributed by atoms with E-state index in [9.17, 15) is 14.0 Å². The van der Waals surface area contributed by atoms with E-state index in [1.54, 1.807) is 35.0 Å². The minimum absolute atomic E-state index is 0.325. The zero-order valence-corrected chi connectivity index (χ0v) is 12.8. The van der Waals surface area contributed by atoms with Crippen LogP contribution in [0.5, 0.6) is 0 Å². The van der Waals surface area contributed by atoms with Crippen LogP contribution in [0.4, 0.5) is 9.18 Å². The average molecular weight is 318 g/mol. The molecule has 2 rings (SSSR count). The normalized spacial score (nSPS) is 10.2. The van der Waals surface area contributed by atoms with Gasteiger partial charge in [-0.15, -0.1) is 0 Å². The number of hydrogen-bond donors (Lipinski definition) is 3. The van der Waals surface area contributed by atoms with Gasteiger partial charge in [-0.1, -0.05) is 13.3 Å². The Bertz CT molecular complexity index is 667. The van der Waals surface area contributed by atoms with E-state index in [4.69, 9.17) is 0 Å². The van der Waals surface area contributed by atoms with Gasteiger partial charge in [-0.2, -0.15) is 0 Å². The first kappa shape index (κ1) is 16.5. The van der Waals surface area contributed by atoms with Crippen LogP contribution in [-0.4, -0.2) is 23.1 Å². The molecular formula is C16H19FN4O2. The van der Waals surface area contributed by atoms with Crippen LogP contribution in [0.15, 0.2) is 42.6 Å². The Morgan fingerprint density at radius 1 is 1.13 bits per heavy atom. The molecule has 0 spiro atoms. The van der Waals surface area contributed by atoms with E-state index in [0.717, 1.165) is 12.8 Å². The number of halogens is 1. The van der Waals surface area contributed by atoms with E-state index in [1.807, 2.05) is 6.92 Å². The largest absolute Gasteiger partial charge is 0.337 e. The number of nitrogens with one attached hydrogen (secondary N) is 3. The second kappa shape index (κ2) is 7.98. The van der Waals surface area contributed by atoms with Gasteiger partial charge in [-0.3, -0.25) is 10.2 Å². The molecule has 6 nitrogen and oxygen atoms in total. The number of hydrazine groups is 1. The summed E-state index contributed by atoms with van der Waals surface area (Å²) in [4.78, 5) is 23.7. The average Bonchev–Trinajstić information content (AvgIpc) is 3.03. The van der Waals surface area contributed by atoms with Crippen LogP contribution in [0.3, 0.4) is 0 Å². The highest BCUT2D eigenvalue weighted by molar-refractivity contribution is 5.94. The van der Waals surface area contributed by atoms with Crippen molar-refractivity contribution in [2.75, 3.05) is 6.54 Å². The maximum Gasteiger partial charge on any atom is 0.333 e. The van der Waals surface area contributed by atoms with Gasteiger partial charge in [0.05, 0.1) is 0 Å². The van der Waals surface area contributed by atoms with Gasteiger partial charge in [0.2, 0.25) is 0 Å². The number of hydrogen-bond acceptors (Lipinski definition) is 2. The van der Waals surface area contributed by atoms with Crippen LogP contribution in [0.1, 0.15) is 30.3 Å². The van der Waals surface area contributed by atoms with Crippen LogP contribution in [0.2, 0.25) is 0 Å². The lowest BCUT2D eigenvalue weighted by atomic mass is 10.3. The van der Waals surface area contributed by atoms with Crippen LogP contribution in [-0.2, 0) is 0 Å². The van der Waals surface area contributed by atoms with E-state index in [1.165, 1.54) is 12.1 Å². The van der Waals surface area contributed by atoms with Crippen LogP contribution in [0, 0.1) is 5.82 Å². The lowest BCUT2D eigenvalue weighted by Crippen LogP contribution is -2.47. The summed E-state index contributed by atoms with van der Waals surface area (Å²) < 4.78 is 14.6. The van der Waals surface area contributed by atoms with Gasteiger partial charge in [-0.05, 0) is 42.8 Å². The van der Waals surface area contributed by atoms with Crippen molar-refractivity contribution in [3.63, 3.8) is 0 Å². The Morgan fingerprint density at radius 3 is 2.57 bits per heavy atom. The van der Waals surface area contributed by atoms with Gasteiger partial charge in [0.25, 0.3) is 5.91 Å². The molecule has 7 heteroatoms. The lowest BCUT2D eigenvalue weighted by Gasteiger charge is -2.11. The second-order valence-electron chi connectivity index (χ2n) is 4.93. The Kier molecular flexibility index (Phi) is 5.74. The minimum atomic E-state index is -0.468. The molecule has 0 aliphatic heterocycles. The van der Waals surface area contributed by atoms with Gasteiger partial charge in [0, 0.05) is 18.4 Å². The fraction of sp³-hybridized carbons (Fsp3) is 0.250. The first-order valence-corrected chi connectivity index (χ1v) is 7.39. The number of carbonyl (C=O) groups is 2. The Labute approximate surface area is 133 Å². The number of nitrogens with zero attached hydrogens (tertiary/aromatic N) is 1. The summed E-state index contributed by atoms with van der Waals surface area (Å²) in [6, 6.07) is 8.60. The van der Waals surface area contributed by atoms with Crippen molar-refractivity contribution in [1.82, 2.24) is 20.7 Å². The Hall–Kier alpha value is -2.83. The highest BCUT2D eigenvalue weighted by Crippen LogP contribution is 2.13. The molecule has 2 aromatic rings. The molecule has 3 N–H and O–H groups in total. The van der Waals surface area contributed by atoms with Crippen LogP contribution in [0.25, 0.3) is 5.69 Å². The fourth-order valence-electron chi connectivity index (χ4n) is 1.99. The molecule has 0 unspecified atom stereocenters. The molecule has 1 heterocycles. The minimum Gasteiger partial charge on any atom is -0.337 e. The summed E-state index contributed by atoms with van der Waals surface area (Å²) in [7, 11) is 0. The molecule has 23 heavy (non-hydrogen) atoms. The zero-order chi connectivity index (χ0) is 16.7. The van der Waals surface area contributed by atoms with Gasteiger partial charge in [-0.25, -0.2) is 14.6 Å². The molecular weight excluding hydrogens is 299 g/mol. The van der Waals surface area contributed by atoms with Gasteiger partial charge < -0.3 is 9.88 Å². The molecule has 0 fully saturated rings. The van der Waals surface area contributed by atoms with Crippen LogP contribution < -0.4 is 16.2 Å². The monoisotopic (exact) mass is 318 g/mol. The summed E-state index contributed by atoms with van der Waals surface area (Å²) in [6.45, 7) is 2.56. The number of aromatic nitrogens is 1. The smallest absolute Gasteiger partial charge is 0.333 e. The predicted octanol–water partition coefficient (Wildman–Crippen LogP) is 2.36. The number of urea groups is 1. The van der Waals surface area contributed by atoms with Crippen molar-refractivity contribution >= 4 is 11.9 Å². The third-order valence-electron chi connectivity index (χ3n) is 3.19. The molecule has 0 radical (unpaired) electrons. The molecule has 0 bridgehead atoms. The topological polar surface area (TPSA) is 75.2 Å². The maximum absolute atomic E-state index is 13.0. The number of rotatable bonds is 5. The maximum atomic E-state index is 13.0. The molecule has 3 amide bonds. The number of carbonyl (C=O) groups excluding carboxylic acids is 2. The van der Waals surface area contributed by atoms with Crippen molar-refractivity contribution < 1.29 is 14.0 Å². The fourth-order valence-corrected chi connectivity index (χ4v) is 1.99. The van der Waals surface area contributed by atoms with Crippen molar-refractivity contribution in [2.24, 2.45) is 0 Å². The number of amides is 3. The van der Waals surface area contributed by atoms with Crippen LogP contribution >= 0.6 is 0 Å². The van der Waals surface area contributed by atoms with Crippen molar-refractivity contribution in [2.45, 2.75) is 19.8 Å². The molecule has 122 valence electrons. The second-order valence-corrected chi connectivity index (χ2v) is 4.93. The molecule has 1 aromatic heterocycles. The number of unbranched alkanes of at least 4 members (excludes halogenated alkanes) is 1. The van der Waals surface area contributed by atoms with Gasteiger partial charge in [0.1, 0.15) is 11.5 Å². The molecule has 1 aromatic carbocycles.